The van der Waals surface area contributed by atoms with E-state index in [1.54, 1.807) is 0 Å². The summed E-state index contributed by atoms with van der Waals surface area (Å²) in [4.78, 5) is 0. The highest BCUT2D eigenvalue weighted by molar-refractivity contribution is 5.74. The Morgan fingerprint density at radius 2 is 1.95 bits per heavy atom. The normalized spacial score (nSPS) is 14.1. The maximum Gasteiger partial charge on any atom is 0.122 e. The van der Waals surface area contributed by atoms with Crippen molar-refractivity contribution in [2.45, 2.75) is 39.5 Å². The van der Waals surface area contributed by atoms with Gasteiger partial charge in [0, 0.05) is 5.69 Å². The number of anilines is 1. The monoisotopic (exact) mass is 295 g/mol. The molecule has 0 saturated heterocycles. The standard InChI is InChI=1S/C20H25NO/c1-3-22-20-6-4-5-18(14(20)2)19-12-11-17(21)13-16(19)10-9-15-7-8-15/h4-6,11-13,15H,3,7-10,21H2,1-2H3. The highest BCUT2D eigenvalue weighted by atomic mass is 16.5. The van der Waals surface area contributed by atoms with Gasteiger partial charge in [-0.3, -0.25) is 0 Å². The van der Waals surface area contributed by atoms with Crippen LogP contribution in [-0.2, 0) is 6.42 Å². The lowest BCUT2D eigenvalue weighted by molar-refractivity contribution is 0.338. The molecule has 0 spiro atoms. The van der Waals surface area contributed by atoms with Crippen molar-refractivity contribution in [1.82, 2.24) is 0 Å². The molecule has 1 aliphatic rings. The van der Waals surface area contributed by atoms with Crippen LogP contribution < -0.4 is 10.5 Å². The third-order valence-electron chi connectivity index (χ3n) is 4.52. The topological polar surface area (TPSA) is 35.2 Å². The van der Waals surface area contributed by atoms with Gasteiger partial charge in [0.25, 0.3) is 0 Å². The summed E-state index contributed by atoms with van der Waals surface area (Å²) in [5.41, 5.74) is 12.0. The second-order valence-corrected chi connectivity index (χ2v) is 6.26. The Kier molecular flexibility index (Phi) is 4.37. The average molecular weight is 295 g/mol. The Balaban J connectivity index is 1.97. The molecule has 0 radical (unpaired) electrons. The van der Waals surface area contributed by atoms with Crippen LogP contribution in [0.1, 0.15) is 37.3 Å². The lowest BCUT2D eigenvalue weighted by atomic mass is 9.92. The molecule has 0 unspecified atom stereocenters. The highest BCUT2D eigenvalue weighted by Gasteiger charge is 2.21. The molecule has 0 atom stereocenters. The fraction of sp³-hybridized carbons (Fsp3) is 0.400. The number of aryl methyl sites for hydroxylation is 1. The molecule has 1 saturated carbocycles. The summed E-state index contributed by atoms with van der Waals surface area (Å²) >= 11 is 0. The largest absolute Gasteiger partial charge is 0.494 e. The molecule has 1 fully saturated rings. The molecule has 1 aliphatic carbocycles. The Morgan fingerprint density at radius 1 is 1.14 bits per heavy atom. The summed E-state index contributed by atoms with van der Waals surface area (Å²) in [5, 5.41) is 0. The summed E-state index contributed by atoms with van der Waals surface area (Å²) in [6.07, 6.45) is 5.19. The highest BCUT2D eigenvalue weighted by Crippen LogP contribution is 2.37. The van der Waals surface area contributed by atoms with Crippen molar-refractivity contribution in [2.75, 3.05) is 12.3 Å². The number of hydrogen-bond acceptors (Lipinski definition) is 2. The number of benzene rings is 2. The second-order valence-electron chi connectivity index (χ2n) is 6.26. The van der Waals surface area contributed by atoms with Crippen LogP contribution in [0, 0.1) is 12.8 Å². The summed E-state index contributed by atoms with van der Waals surface area (Å²) in [6.45, 7) is 4.86. The first-order valence-corrected chi connectivity index (χ1v) is 8.30. The lowest BCUT2D eigenvalue weighted by Gasteiger charge is -2.15. The minimum Gasteiger partial charge on any atom is -0.494 e. The van der Waals surface area contributed by atoms with Crippen molar-refractivity contribution in [3.63, 3.8) is 0 Å². The van der Waals surface area contributed by atoms with E-state index in [1.165, 1.54) is 41.5 Å². The van der Waals surface area contributed by atoms with Gasteiger partial charge in [0.05, 0.1) is 6.61 Å². The lowest BCUT2D eigenvalue weighted by Crippen LogP contribution is -1.98. The van der Waals surface area contributed by atoms with Gasteiger partial charge in [0.15, 0.2) is 0 Å². The van der Waals surface area contributed by atoms with Gasteiger partial charge in [-0.25, -0.2) is 0 Å². The van der Waals surface area contributed by atoms with Crippen molar-refractivity contribution in [1.29, 1.82) is 0 Å². The van der Waals surface area contributed by atoms with E-state index < -0.39 is 0 Å². The van der Waals surface area contributed by atoms with Gasteiger partial charge >= 0.3 is 0 Å². The van der Waals surface area contributed by atoms with Crippen molar-refractivity contribution >= 4 is 5.69 Å². The van der Waals surface area contributed by atoms with Gasteiger partial charge in [-0.15, -0.1) is 0 Å². The zero-order valence-electron chi connectivity index (χ0n) is 13.6. The van der Waals surface area contributed by atoms with E-state index >= 15 is 0 Å². The molecule has 0 amide bonds. The SMILES string of the molecule is CCOc1cccc(-c2ccc(N)cc2CCC2CC2)c1C. The fourth-order valence-electron chi connectivity index (χ4n) is 3.07. The van der Waals surface area contributed by atoms with Crippen LogP contribution in [-0.4, -0.2) is 6.61 Å². The fourth-order valence-corrected chi connectivity index (χ4v) is 3.07. The Morgan fingerprint density at radius 3 is 2.68 bits per heavy atom. The quantitative estimate of drug-likeness (QED) is 0.762. The minimum absolute atomic E-state index is 0.695. The van der Waals surface area contributed by atoms with Crippen LogP contribution in [0.3, 0.4) is 0 Å². The number of ether oxygens (including phenoxy) is 1. The molecule has 0 aliphatic heterocycles. The molecule has 2 heteroatoms. The third kappa shape index (κ3) is 3.27. The molecule has 116 valence electrons. The Hall–Kier alpha value is -1.96. The van der Waals surface area contributed by atoms with Crippen molar-refractivity contribution in [2.24, 2.45) is 5.92 Å². The molecule has 3 rings (SSSR count). The second kappa shape index (κ2) is 6.43. The Labute approximate surface area is 133 Å². The molecule has 2 aromatic rings. The smallest absolute Gasteiger partial charge is 0.122 e. The molecule has 22 heavy (non-hydrogen) atoms. The van der Waals surface area contributed by atoms with E-state index in [0.29, 0.717) is 6.61 Å². The molecule has 0 aromatic heterocycles. The maximum absolute atomic E-state index is 6.02. The molecule has 0 heterocycles. The minimum atomic E-state index is 0.695. The average Bonchev–Trinajstić information content (AvgIpc) is 3.32. The van der Waals surface area contributed by atoms with Crippen LogP contribution in [0.15, 0.2) is 36.4 Å². The summed E-state index contributed by atoms with van der Waals surface area (Å²) in [6, 6.07) is 12.6. The number of hydrogen-bond donors (Lipinski definition) is 1. The van der Waals surface area contributed by atoms with Crippen LogP contribution in [0.4, 0.5) is 5.69 Å². The molecule has 2 nitrogen and oxygen atoms in total. The first-order valence-electron chi connectivity index (χ1n) is 8.30. The van der Waals surface area contributed by atoms with Gasteiger partial charge in [-0.05, 0) is 73.1 Å². The van der Waals surface area contributed by atoms with Gasteiger partial charge in [-0.2, -0.15) is 0 Å². The van der Waals surface area contributed by atoms with E-state index in [1.807, 2.05) is 19.1 Å². The van der Waals surface area contributed by atoms with Crippen LogP contribution in [0.2, 0.25) is 0 Å². The van der Waals surface area contributed by atoms with Crippen LogP contribution >= 0.6 is 0 Å². The Bertz CT molecular complexity index is 659. The van der Waals surface area contributed by atoms with Crippen molar-refractivity contribution in [3.05, 3.63) is 47.5 Å². The van der Waals surface area contributed by atoms with E-state index in [4.69, 9.17) is 10.5 Å². The third-order valence-corrected chi connectivity index (χ3v) is 4.52. The maximum atomic E-state index is 6.02. The van der Waals surface area contributed by atoms with E-state index in [-0.39, 0.29) is 0 Å². The molecular formula is C20H25NO. The summed E-state index contributed by atoms with van der Waals surface area (Å²) < 4.78 is 5.75. The summed E-state index contributed by atoms with van der Waals surface area (Å²) in [5.74, 6) is 1.91. The zero-order chi connectivity index (χ0) is 15.5. The van der Waals surface area contributed by atoms with E-state index in [2.05, 4.69) is 31.2 Å². The van der Waals surface area contributed by atoms with Gasteiger partial charge < -0.3 is 10.5 Å². The van der Waals surface area contributed by atoms with Crippen molar-refractivity contribution in [3.8, 4) is 16.9 Å². The number of nitrogens with two attached hydrogens (primary N) is 1. The molecule has 2 N–H and O–H groups in total. The first-order chi connectivity index (χ1) is 10.7. The number of rotatable bonds is 6. The van der Waals surface area contributed by atoms with Gasteiger partial charge in [-0.1, -0.05) is 31.0 Å². The molecular weight excluding hydrogens is 270 g/mol. The van der Waals surface area contributed by atoms with E-state index in [0.717, 1.165) is 23.8 Å². The van der Waals surface area contributed by atoms with Crippen LogP contribution in [0.25, 0.3) is 11.1 Å². The van der Waals surface area contributed by atoms with Crippen molar-refractivity contribution < 1.29 is 4.74 Å². The molecule has 2 aromatic carbocycles. The predicted octanol–water partition coefficient (Wildman–Crippen LogP) is 4.99. The summed E-state index contributed by atoms with van der Waals surface area (Å²) in [7, 11) is 0. The van der Waals surface area contributed by atoms with Gasteiger partial charge in [0.2, 0.25) is 0 Å². The van der Waals surface area contributed by atoms with E-state index in [9.17, 15) is 0 Å². The predicted molar refractivity (Wildman–Crippen MR) is 93.2 cm³/mol. The van der Waals surface area contributed by atoms with Gasteiger partial charge in [0.1, 0.15) is 5.75 Å². The van der Waals surface area contributed by atoms with Crippen LogP contribution in [0.5, 0.6) is 5.75 Å². The molecule has 0 bridgehead atoms. The zero-order valence-corrected chi connectivity index (χ0v) is 13.6. The first kappa shape index (κ1) is 15.0. The number of nitrogen functional groups attached to an aromatic ring is 1.